The van der Waals surface area contributed by atoms with Gasteiger partial charge in [-0.15, -0.1) is 15.3 Å². The Balaban J connectivity index is 1.20. The van der Waals surface area contributed by atoms with E-state index in [1.54, 1.807) is 7.11 Å². The fourth-order valence-electron chi connectivity index (χ4n) is 8.62. The van der Waals surface area contributed by atoms with Crippen LogP contribution in [0.3, 0.4) is 0 Å². The first-order valence-electron chi connectivity index (χ1n) is 15.1. The average molecular weight is 571 g/mol. The molecular formula is C38H26N4O2. The van der Waals surface area contributed by atoms with Gasteiger partial charge < -0.3 is 9.47 Å². The molecule has 0 radical (unpaired) electrons. The van der Waals surface area contributed by atoms with E-state index < -0.39 is 0 Å². The number of nitrogens with zero attached hydrogens (tertiary/aromatic N) is 4. The summed E-state index contributed by atoms with van der Waals surface area (Å²) in [5, 5.41) is 18.6. The van der Waals surface area contributed by atoms with Crippen LogP contribution >= 0.6 is 0 Å². The first kappa shape index (κ1) is 24.1. The van der Waals surface area contributed by atoms with E-state index in [4.69, 9.17) is 14.6 Å². The van der Waals surface area contributed by atoms with Gasteiger partial charge in [-0.05, 0) is 57.0 Å². The van der Waals surface area contributed by atoms with E-state index in [9.17, 15) is 0 Å². The van der Waals surface area contributed by atoms with Crippen LogP contribution in [0.15, 0.2) is 97.1 Å². The summed E-state index contributed by atoms with van der Waals surface area (Å²) in [6.45, 7) is 2.06. The smallest absolute Gasteiger partial charge is 0.245 e. The Kier molecular flexibility index (Phi) is 4.72. The molecule has 6 aromatic rings. The third-order valence-electron chi connectivity index (χ3n) is 10.2. The fourth-order valence-corrected chi connectivity index (χ4v) is 8.62. The molecule has 0 saturated carbocycles. The zero-order valence-corrected chi connectivity index (χ0v) is 24.2. The molecule has 4 bridgehead atoms. The van der Waals surface area contributed by atoms with Crippen LogP contribution in [0.5, 0.6) is 17.6 Å². The van der Waals surface area contributed by atoms with Crippen molar-refractivity contribution in [3.8, 4) is 17.6 Å². The summed E-state index contributed by atoms with van der Waals surface area (Å²) in [5.41, 5.74) is 15.5. The van der Waals surface area contributed by atoms with Gasteiger partial charge in [0.05, 0.1) is 12.8 Å². The minimum Gasteiger partial charge on any atom is -0.480 e. The predicted octanol–water partition coefficient (Wildman–Crippen LogP) is 7.35. The summed E-state index contributed by atoms with van der Waals surface area (Å²) in [6.07, 6.45) is 0. The summed E-state index contributed by atoms with van der Waals surface area (Å²) in [4.78, 5) is 0. The first-order chi connectivity index (χ1) is 21.7. The SMILES string of the molecule is COc1nnc(Oc2nnc(C)c3c2C2c4ccccc4C3c3ccccc32)c2c1C1c3ccccc3C2c2ccccc21. The van der Waals surface area contributed by atoms with Crippen LogP contribution in [0.4, 0.5) is 0 Å². The number of ether oxygens (including phenoxy) is 2. The molecular weight excluding hydrogens is 544 g/mol. The van der Waals surface area contributed by atoms with Crippen molar-refractivity contribution < 1.29 is 9.47 Å². The lowest BCUT2D eigenvalue weighted by Gasteiger charge is -2.43. The lowest BCUT2D eigenvalue weighted by atomic mass is 9.61. The normalized spacial score (nSPS) is 20.5. The van der Waals surface area contributed by atoms with Crippen LogP contribution in [0.2, 0.25) is 0 Å². The second-order valence-electron chi connectivity index (χ2n) is 12.1. The molecule has 0 unspecified atom stereocenters. The minimum absolute atomic E-state index is 0.00784. The van der Waals surface area contributed by atoms with Crippen LogP contribution < -0.4 is 9.47 Å². The number of aromatic nitrogens is 4. The van der Waals surface area contributed by atoms with E-state index in [2.05, 4.69) is 119 Å². The molecule has 12 rings (SSSR count). The largest absolute Gasteiger partial charge is 0.480 e. The number of benzene rings is 4. The summed E-state index contributed by atoms with van der Waals surface area (Å²) in [5.74, 6) is 1.47. The summed E-state index contributed by atoms with van der Waals surface area (Å²) in [6, 6.07) is 34.8. The molecule has 0 saturated heterocycles. The average Bonchev–Trinajstić information content (AvgIpc) is 3.09. The molecule has 0 amide bonds. The summed E-state index contributed by atoms with van der Waals surface area (Å²) < 4.78 is 12.8. The highest BCUT2D eigenvalue weighted by molar-refractivity contribution is 5.73. The van der Waals surface area contributed by atoms with Gasteiger partial charge in [-0.2, -0.15) is 5.10 Å². The maximum Gasteiger partial charge on any atom is 0.245 e. The van der Waals surface area contributed by atoms with Gasteiger partial charge in [-0.1, -0.05) is 97.1 Å². The molecule has 6 heteroatoms. The molecule has 4 aromatic carbocycles. The van der Waals surface area contributed by atoms with Gasteiger partial charge in [0.2, 0.25) is 17.6 Å². The third-order valence-corrected chi connectivity index (χ3v) is 10.2. The van der Waals surface area contributed by atoms with E-state index in [0.29, 0.717) is 17.6 Å². The van der Waals surface area contributed by atoms with E-state index in [1.807, 2.05) is 0 Å². The second-order valence-corrected chi connectivity index (χ2v) is 12.1. The molecule has 0 spiro atoms. The van der Waals surface area contributed by atoms with E-state index in [1.165, 1.54) is 50.1 Å². The summed E-state index contributed by atoms with van der Waals surface area (Å²) >= 11 is 0. The lowest BCUT2D eigenvalue weighted by molar-refractivity contribution is 0.364. The molecule has 0 fully saturated rings. The van der Waals surface area contributed by atoms with Gasteiger partial charge >= 0.3 is 0 Å². The van der Waals surface area contributed by atoms with Gasteiger partial charge in [-0.3, -0.25) is 0 Å². The van der Waals surface area contributed by atoms with Crippen molar-refractivity contribution >= 4 is 0 Å². The van der Waals surface area contributed by atoms with E-state index in [-0.39, 0.29) is 23.7 Å². The van der Waals surface area contributed by atoms with Crippen molar-refractivity contribution in [1.29, 1.82) is 0 Å². The number of rotatable bonds is 3. The second kappa shape index (κ2) is 8.60. The molecule has 0 N–H and O–H groups in total. The van der Waals surface area contributed by atoms with Gasteiger partial charge in [0, 0.05) is 40.4 Å². The molecule has 6 aliphatic carbocycles. The highest BCUT2D eigenvalue weighted by Gasteiger charge is 2.48. The predicted molar refractivity (Wildman–Crippen MR) is 165 cm³/mol. The van der Waals surface area contributed by atoms with E-state index >= 15 is 0 Å². The molecule has 44 heavy (non-hydrogen) atoms. The zero-order chi connectivity index (χ0) is 29.1. The quantitative estimate of drug-likeness (QED) is 0.221. The number of aryl methyl sites for hydroxylation is 1. The molecule has 0 aliphatic heterocycles. The Morgan fingerprint density at radius 3 is 1.09 bits per heavy atom. The van der Waals surface area contributed by atoms with Crippen molar-refractivity contribution in [3.05, 3.63) is 170 Å². The van der Waals surface area contributed by atoms with Gasteiger partial charge in [-0.25, -0.2) is 0 Å². The topological polar surface area (TPSA) is 70.0 Å². The Hall–Kier alpha value is -5.36. The Morgan fingerprint density at radius 2 is 0.705 bits per heavy atom. The molecule has 6 aliphatic rings. The van der Waals surface area contributed by atoms with Crippen LogP contribution in [-0.4, -0.2) is 27.5 Å². The molecule has 6 nitrogen and oxygen atoms in total. The van der Waals surface area contributed by atoms with Gasteiger partial charge in [0.1, 0.15) is 0 Å². The lowest BCUT2D eigenvalue weighted by Crippen LogP contribution is -2.30. The van der Waals surface area contributed by atoms with Crippen LogP contribution in [0.1, 0.15) is 96.1 Å². The standard InChI is InChI=1S/C38H26N4O2/c1-19-28-29-20-11-3-5-13-22(20)30(23-14-6-4-12-21(23)29)33(28)37(41-39-19)44-38-35-32-26-17-9-7-15-24(26)31(25-16-8-10-18-27(25)32)34(35)36(43-2)40-42-38/h3-18,29-32H,1-2H3. The maximum atomic E-state index is 6.89. The number of methoxy groups -OCH3 is 1. The number of hydrogen-bond donors (Lipinski definition) is 0. The monoisotopic (exact) mass is 570 g/mol. The fraction of sp³-hybridized carbons (Fsp3) is 0.158. The highest BCUT2D eigenvalue weighted by Crippen LogP contribution is 2.61. The minimum atomic E-state index is -0.0612. The van der Waals surface area contributed by atoms with Crippen LogP contribution in [-0.2, 0) is 0 Å². The summed E-state index contributed by atoms with van der Waals surface area (Å²) in [7, 11) is 1.67. The van der Waals surface area contributed by atoms with Crippen molar-refractivity contribution in [2.24, 2.45) is 0 Å². The molecule has 2 aromatic heterocycles. The first-order valence-corrected chi connectivity index (χ1v) is 15.1. The Bertz CT molecular complexity index is 2110. The Labute approximate surface area is 254 Å². The highest BCUT2D eigenvalue weighted by atomic mass is 16.5. The van der Waals surface area contributed by atoms with E-state index in [0.717, 1.165) is 22.4 Å². The van der Waals surface area contributed by atoms with Crippen LogP contribution in [0.25, 0.3) is 0 Å². The number of hydrogen-bond acceptors (Lipinski definition) is 6. The van der Waals surface area contributed by atoms with Crippen molar-refractivity contribution in [3.63, 3.8) is 0 Å². The molecule has 210 valence electrons. The Morgan fingerprint density at radius 1 is 0.409 bits per heavy atom. The zero-order valence-electron chi connectivity index (χ0n) is 24.2. The molecule has 0 atom stereocenters. The van der Waals surface area contributed by atoms with Crippen LogP contribution in [0, 0.1) is 6.92 Å². The van der Waals surface area contributed by atoms with Crippen molar-refractivity contribution in [1.82, 2.24) is 20.4 Å². The van der Waals surface area contributed by atoms with Gasteiger partial charge in [0.15, 0.2) is 0 Å². The molecule has 2 heterocycles. The van der Waals surface area contributed by atoms with Crippen molar-refractivity contribution in [2.75, 3.05) is 7.11 Å². The maximum absolute atomic E-state index is 6.89. The van der Waals surface area contributed by atoms with Crippen molar-refractivity contribution in [2.45, 2.75) is 30.6 Å². The van der Waals surface area contributed by atoms with Gasteiger partial charge in [0.25, 0.3) is 0 Å². The third kappa shape index (κ3) is 2.90.